The molecule has 3 atom stereocenters. The van der Waals surface area contributed by atoms with Gasteiger partial charge in [-0.25, -0.2) is 4.79 Å². The summed E-state index contributed by atoms with van der Waals surface area (Å²) >= 11 is 0. The lowest BCUT2D eigenvalue weighted by atomic mass is 10.0. The van der Waals surface area contributed by atoms with E-state index >= 15 is 0 Å². The highest BCUT2D eigenvalue weighted by molar-refractivity contribution is 5.74. The number of aliphatic hydroxyl groups excluding tert-OH is 1. The first-order valence-electron chi connectivity index (χ1n) is 8.06. The molecule has 1 aromatic rings. The van der Waals surface area contributed by atoms with Crippen LogP contribution in [0.5, 0.6) is 0 Å². The number of hydrogen-bond donors (Lipinski definition) is 2. The molecule has 0 aromatic carbocycles. The number of amides is 2. The van der Waals surface area contributed by atoms with Gasteiger partial charge < -0.3 is 19.8 Å². The Morgan fingerprint density at radius 2 is 2.23 bits per heavy atom. The van der Waals surface area contributed by atoms with E-state index in [0.29, 0.717) is 6.54 Å². The Hall–Kier alpha value is -1.56. The average Bonchev–Trinajstić information content (AvgIpc) is 3.03. The van der Waals surface area contributed by atoms with Gasteiger partial charge in [0.25, 0.3) is 0 Å². The van der Waals surface area contributed by atoms with Crippen LogP contribution >= 0.6 is 0 Å². The molecule has 3 unspecified atom stereocenters. The molecule has 1 saturated carbocycles. The normalized spacial score (nSPS) is 22.6. The highest BCUT2D eigenvalue weighted by Crippen LogP contribution is 2.27. The van der Waals surface area contributed by atoms with Crippen molar-refractivity contribution in [1.29, 1.82) is 0 Å². The maximum Gasteiger partial charge on any atom is 0.317 e. The van der Waals surface area contributed by atoms with Crippen molar-refractivity contribution in [2.24, 2.45) is 5.92 Å². The van der Waals surface area contributed by atoms with Gasteiger partial charge in [-0.05, 0) is 33.1 Å². The fraction of sp³-hybridized carbons (Fsp3) is 0.750. The summed E-state index contributed by atoms with van der Waals surface area (Å²) in [5, 5.41) is 16.9. The number of aliphatic hydroxyl groups is 1. The Labute approximate surface area is 131 Å². The molecule has 2 amide bonds. The number of carbonyl (C=O) groups excluding carboxylic acids is 1. The van der Waals surface area contributed by atoms with Gasteiger partial charge in [-0.2, -0.15) is 0 Å². The lowest BCUT2D eigenvalue weighted by molar-refractivity contribution is 0.113. The number of hydrogen-bond acceptors (Lipinski definition) is 4. The Morgan fingerprint density at radius 1 is 1.50 bits per heavy atom. The van der Waals surface area contributed by atoms with Crippen LogP contribution in [-0.2, 0) is 0 Å². The van der Waals surface area contributed by atoms with E-state index in [0.717, 1.165) is 42.7 Å². The summed E-state index contributed by atoms with van der Waals surface area (Å²) in [5.41, 5.74) is 1.78. The Kier molecular flexibility index (Phi) is 5.45. The largest absolute Gasteiger partial charge is 0.393 e. The van der Waals surface area contributed by atoms with Crippen molar-refractivity contribution < 1.29 is 14.4 Å². The fourth-order valence-corrected chi connectivity index (χ4v) is 3.29. The van der Waals surface area contributed by atoms with Crippen molar-refractivity contribution in [3.8, 4) is 0 Å². The maximum absolute atomic E-state index is 12.4. The molecule has 0 saturated heterocycles. The summed E-state index contributed by atoms with van der Waals surface area (Å²) in [5.74, 6) is 0.938. The summed E-state index contributed by atoms with van der Waals surface area (Å²) in [4.78, 5) is 14.1. The van der Waals surface area contributed by atoms with E-state index in [9.17, 15) is 9.90 Å². The lowest BCUT2D eigenvalue weighted by Crippen LogP contribution is -2.42. The smallest absolute Gasteiger partial charge is 0.317 e. The third-order valence-electron chi connectivity index (χ3n) is 4.62. The zero-order valence-electron chi connectivity index (χ0n) is 13.9. The Balaban J connectivity index is 1.97. The molecular weight excluding hydrogens is 282 g/mol. The second kappa shape index (κ2) is 7.13. The predicted molar refractivity (Wildman–Crippen MR) is 83.5 cm³/mol. The van der Waals surface area contributed by atoms with Crippen LogP contribution in [0.3, 0.4) is 0 Å². The van der Waals surface area contributed by atoms with Crippen LogP contribution < -0.4 is 5.32 Å². The molecule has 1 aromatic heterocycles. The van der Waals surface area contributed by atoms with Gasteiger partial charge in [0.1, 0.15) is 5.76 Å². The number of nitrogens with one attached hydrogen (secondary N) is 1. The molecule has 1 aliphatic rings. The third kappa shape index (κ3) is 3.61. The summed E-state index contributed by atoms with van der Waals surface area (Å²) in [6.07, 6.45) is 3.36. The van der Waals surface area contributed by atoms with E-state index in [2.05, 4.69) is 10.5 Å². The van der Waals surface area contributed by atoms with Gasteiger partial charge in [0.05, 0.1) is 17.8 Å². The monoisotopic (exact) mass is 309 g/mol. The first-order chi connectivity index (χ1) is 10.4. The molecule has 6 heteroatoms. The van der Waals surface area contributed by atoms with Gasteiger partial charge in [-0.1, -0.05) is 18.5 Å². The first-order valence-corrected chi connectivity index (χ1v) is 8.06. The van der Waals surface area contributed by atoms with Crippen molar-refractivity contribution in [3.63, 3.8) is 0 Å². The number of rotatable bonds is 5. The van der Waals surface area contributed by atoms with E-state index in [-0.39, 0.29) is 24.1 Å². The van der Waals surface area contributed by atoms with Gasteiger partial charge in [-0.3, -0.25) is 0 Å². The molecule has 1 aliphatic carbocycles. The first kappa shape index (κ1) is 16.8. The van der Waals surface area contributed by atoms with Gasteiger partial charge in [0.2, 0.25) is 0 Å². The second-order valence-electron chi connectivity index (χ2n) is 6.29. The highest BCUT2D eigenvalue weighted by Gasteiger charge is 2.28. The minimum atomic E-state index is -0.278. The van der Waals surface area contributed by atoms with E-state index in [1.165, 1.54) is 0 Å². The molecule has 22 heavy (non-hydrogen) atoms. The maximum atomic E-state index is 12.4. The zero-order chi connectivity index (χ0) is 16.3. The molecule has 1 heterocycles. The molecule has 2 N–H and O–H groups in total. The van der Waals surface area contributed by atoms with Crippen LogP contribution in [0.25, 0.3) is 0 Å². The Bertz CT molecular complexity index is 495. The number of nitrogens with zero attached hydrogens (tertiary/aromatic N) is 2. The quantitative estimate of drug-likeness (QED) is 0.876. The van der Waals surface area contributed by atoms with Gasteiger partial charge >= 0.3 is 6.03 Å². The van der Waals surface area contributed by atoms with Crippen molar-refractivity contribution in [3.05, 3.63) is 17.0 Å². The fourth-order valence-electron chi connectivity index (χ4n) is 3.29. The van der Waals surface area contributed by atoms with Crippen molar-refractivity contribution >= 4 is 6.03 Å². The molecule has 0 radical (unpaired) electrons. The van der Waals surface area contributed by atoms with Crippen LogP contribution in [0.15, 0.2) is 4.52 Å². The van der Waals surface area contributed by atoms with Gasteiger partial charge in [0, 0.05) is 25.1 Å². The molecule has 6 nitrogen and oxygen atoms in total. The second-order valence-corrected chi connectivity index (χ2v) is 6.29. The predicted octanol–water partition coefficient (Wildman–Crippen LogP) is 2.54. The van der Waals surface area contributed by atoms with Crippen molar-refractivity contribution in [2.45, 2.75) is 58.6 Å². The van der Waals surface area contributed by atoms with Crippen molar-refractivity contribution in [1.82, 2.24) is 15.4 Å². The van der Waals surface area contributed by atoms with Gasteiger partial charge in [0.15, 0.2) is 0 Å². The SMILES string of the molecule is CCC(NC(=O)N(C)CC1CCCC1O)c1c(C)noc1C. The lowest BCUT2D eigenvalue weighted by Gasteiger charge is -2.26. The summed E-state index contributed by atoms with van der Waals surface area (Å²) in [6, 6.07) is -0.222. The van der Waals surface area contributed by atoms with Crippen LogP contribution in [-0.4, -0.2) is 40.9 Å². The van der Waals surface area contributed by atoms with E-state index < -0.39 is 0 Å². The molecule has 0 aliphatic heterocycles. The van der Waals surface area contributed by atoms with Crippen LogP contribution in [0, 0.1) is 19.8 Å². The van der Waals surface area contributed by atoms with Crippen LogP contribution in [0.1, 0.15) is 55.7 Å². The topological polar surface area (TPSA) is 78.6 Å². The summed E-state index contributed by atoms with van der Waals surface area (Å²) in [7, 11) is 1.78. The average molecular weight is 309 g/mol. The number of urea groups is 1. The minimum Gasteiger partial charge on any atom is -0.393 e. The molecular formula is C16H27N3O3. The number of aromatic nitrogens is 1. The molecule has 0 bridgehead atoms. The van der Waals surface area contributed by atoms with E-state index in [1.807, 2.05) is 20.8 Å². The minimum absolute atomic E-state index is 0.102. The number of carbonyl (C=O) groups is 1. The molecule has 2 rings (SSSR count). The third-order valence-corrected chi connectivity index (χ3v) is 4.62. The zero-order valence-corrected chi connectivity index (χ0v) is 13.9. The van der Waals surface area contributed by atoms with Crippen molar-refractivity contribution in [2.75, 3.05) is 13.6 Å². The Morgan fingerprint density at radius 3 is 2.73 bits per heavy atom. The van der Waals surface area contributed by atoms with E-state index in [4.69, 9.17) is 4.52 Å². The van der Waals surface area contributed by atoms with Gasteiger partial charge in [-0.15, -0.1) is 0 Å². The summed E-state index contributed by atoms with van der Waals surface area (Å²) in [6.45, 7) is 6.37. The molecule has 1 fully saturated rings. The highest BCUT2D eigenvalue weighted by atomic mass is 16.5. The molecule has 124 valence electrons. The van der Waals surface area contributed by atoms with Crippen LogP contribution in [0.4, 0.5) is 4.79 Å². The standard InChI is InChI=1S/C16H27N3O3/c1-5-13(15-10(2)18-22-11(15)3)17-16(21)19(4)9-12-7-6-8-14(12)20/h12-14,20H,5-9H2,1-4H3,(H,17,21). The summed E-state index contributed by atoms with van der Waals surface area (Å²) < 4.78 is 5.19. The number of aryl methyl sites for hydroxylation is 2. The molecule has 0 spiro atoms. The van der Waals surface area contributed by atoms with E-state index in [1.54, 1.807) is 11.9 Å². The van der Waals surface area contributed by atoms with Crippen LogP contribution in [0.2, 0.25) is 0 Å².